The summed E-state index contributed by atoms with van der Waals surface area (Å²) in [5, 5.41) is 9.38. The molecule has 0 amide bonds. The van der Waals surface area contributed by atoms with Gasteiger partial charge in [0.15, 0.2) is 0 Å². The van der Waals surface area contributed by atoms with Crippen molar-refractivity contribution in [3.8, 4) is 5.75 Å². The molecule has 30 heavy (non-hydrogen) atoms. The number of benzene rings is 2. The zero-order valence-corrected chi connectivity index (χ0v) is 16.9. The summed E-state index contributed by atoms with van der Waals surface area (Å²) in [6.45, 7) is 0. The molecule has 0 fully saturated rings. The SMILES string of the molecule is COC(=O)C1=C(C(=O)OC)N(c2ccc(CCc3ccc(O)cc3)cc2)C=CC=C1. The number of esters is 2. The van der Waals surface area contributed by atoms with Crippen molar-refractivity contribution in [1.82, 2.24) is 0 Å². The summed E-state index contributed by atoms with van der Waals surface area (Å²) in [6, 6.07) is 14.9. The fraction of sp³-hybridized carbons (Fsp3) is 0.167. The van der Waals surface area contributed by atoms with Crippen LogP contribution in [0.25, 0.3) is 0 Å². The molecule has 1 N–H and O–H groups in total. The maximum Gasteiger partial charge on any atom is 0.355 e. The lowest BCUT2D eigenvalue weighted by Crippen LogP contribution is -2.26. The number of phenols is 1. The van der Waals surface area contributed by atoms with E-state index in [1.807, 2.05) is 36.4 Å². The normalized spacial score (nSPS) is 13.2. The van der Waals surface area contributed by atoms with Gasteiger partial charge in [0.25, 0.3) is 0 Å². The van der Waals surface area contributed by atoms with Gasteiger partial charge in [0.2, 0.25) is 0 Å². The Balaban J connectivity index is 1.84. The summed E-state index contributed by atoms with van der Waals surface area (Å²) < 4.78 is 9.74. The van der Waals surface area contributed by atoms with E-state index in [1.165, 1.54) is 20.3 Å². The molecule has 0 saturated heterocycles. The summed E-state index contributed by atoms with van der Waals surface area (Å²) >= 11 is 0. The van der Waals surface area contributed by atoms with Crippen LogP contribution >= 0.6 is 0 Å². The zero-order chi connectivity index (χ0) is 21.5. The number of aromatic hydroxyl groups is 1. The topological polar surface area (TPSA) is 76.1 Å². The standard InChI is InChI=1S/C24H23NO5/c1-29-23(27)21-5-3-4-16-25(22(21)24(28)30-2)19-12-8-17(9-13-19)6-7-18-10-14-20(26)15-11-18/h3-5,8-16,26H,6-7H2,1-2H3. The van der Waals surface area contributed by atoms with Crippen LogP contribution in [0.5, 0.6) is 5.75 Å². The number of allylic oxidation sites excluding steroid dienone is 2. The molecule has 0 spiro atoms. The predicted octanol–water partition coefficient (Wildman–Crippen LogP) is 3.67. The molecule has 0 unspecified atom stereocenters. The first kappa shape index (κ1) is 20.9. The van der Waals surface area contributed by atoms with E-state index in [0.717, 1.165) is 24.0 Å². The molecule has 1 aliphatic rings. The first-order valence-electron chi connectivity index (χ1n) is 9.45. The minimum Gasteiger partial charge on any atom is -0.508 e. The first-order chi connectivity index (χ1) is 14.5. The molecule has 1 aliphatic heterocycles. The number of hydrogen-bond acceptors (Lipinski definition) is 6. The van der Waals surface area contributed by atoms with Gasteiger partial charge >= 0.3 is 11.9 Å². The first-order valence-corrected chi connectivity index (χ1v) is 9.45. The van der Waals surface area contributed by atoms with E-state index >= 15 is 0 Å². The Morgan fingerprint density at radius 1 is 0.833 bits per heavy atom. The Morgan fingerprint density at radius 2 is 1.40 bits per heavy atom. The van der Waals surface area contributed by atoms with E-state index in [1.54, 1.807) is 35.4 Å². The molecular weight excluding hydrogens is 382 g/mol. The van der Waals surface area contributed by atoms with Crippen LogP contribution in [0.3, 0.4) is 0 Å². The Labute approximate surface area is 175 Å². The average molecular weight is 405 g/mol. The number of rotatable bonds is 6. The lowest BCUT2D eigenvalue weighted by Gasteiger charge is -2.23. The van der Waals surface area contributed by atoms with E-state index in [9.17, 15) is 14.7 Å². The minimum atomic E-state index is -0.636. The van der Waals surface area contributed by atoms with Crippen LogP contribution in [-0.2, 0) is 31.9 Å². The number of carbonyl (C=O) groups excluding carboxylic acids is 2. The number of aryl methyl sites for hydroxylation is 2. The molecule has 2 aromatic rings. The third-order valence-electron chi connectivity index (χ3n) is 4.74. The van der Waals surface area contributed by atoms with Gasteiger partial charge in [-0.25, -0.2) is 9.59 Å². The van der Waals surface area contributed by atoms with Gasteiger partial charge in [0, 0.05) is 11.9 Å². The highest BCUT2D eigenvalue weighted by Crippen LogP contribution is 2.27. The average Bonchev–Trinajstić information content (AvgIpc) is 3.01. The van der Waals surface area contributed by atoms with Gasteiger partial charge in [-0.05, 0) is 60.4 Å². The summed E-state index contributed by atoms with van der Waals surface area (Å²) in [4.78, 5) is 26.3. The largest absolute Gasteiger partial charge is 0.508 e. The molecule has 2 aromatic carbocycles. The van der Waals surface area contributed by atoms with Crippen molar-refractivity contribution in [2.45, 2.75) is 12.8 Å². The molecular formula is C24H23NO5. The molecule has 0 aromatic heterocycles. The van der Waals surface area contributed by atoms with Gasteiger partial charge in [-0.3, -0.25) is 0 Å². The number of phenolic OH excluding ortho intramolecular Hbond substituents is 1. The summed E-state index contributed by atoms with van der Waals surface area (Å²) in [5.74, 6) is -1.00. The molecule has 0 saturated carbocycles. The second-order valence-electron chi connectivity index (χ2n) is 6.65. The molecule has 6 heteroatoms. The Morgan fingerprint density at radius 3 is 1.97 bits per heavy atom. The summed E-state index contributed by atoms with van der Waals surface area (Å²) in [5.41, 5.74) is 3.18. The van der Waals surface area contributed by atoms with Crippen molar-refractivity contribution < 1.29 is 24.2 Å². The van der Waals surface area contributed by atoms with Gasteiger partial charge in [-0.1, -0.05) is 30.3 Å². The van der Waals surface area contributed by atoms with Crippen LogP contribution in [0.1, 0.15) is 11.1 Å². The number of methoxy groups -OCH3 is 2. The van der Waals surface area contributed by atoms with Crippen molar-refractivity contribution >= 4 is 17.6 Å². The second kappa shape index (κ2) is 9.60. The predicted molar refractivity (Wildman–Crippen MR) is 114 cm³/mol. The van der Waals surface area contributed by atoms with Crippen molar-refractivity contribution in [2.75, 3.05) is 19.1 Å². The van der Waals surface area contributed by atoms with Gasteiger partial charge in [0.1, 0.15) is 11.4 Å². The summed E-state index contributed by atoms with van der Waals surface area (Å²) in [6.07, 6.45) is 8.30. The van der Waals surface area contributed by atoms with E-state index < -0.39 is 11.9 Å². The van der Waals surface area contributed by atoms with Crippen LogP contribution in [0.2, 0.25) is 0 Å². The van der Waals surface area contributed by atoms with Crippen molar-refractivity contribution in [3.05, 3.63) is 95.4 Å². The Hall–Kier alpha value is -3.80. The second-order valence-corrected chi connectivity index (χ2v) is 6.65. The highest BCUT2D eigenvalue weighted by molar-refractivity contribution is 6.05. The molecule has 0 aliphatic carbocycles. The number of anilines is 1. The van der Waals surface area contributed by atoms with Crippen molar-refractivity contribution in [2.24, 2.45) is 0 Å². The van der Waals surface area contributed by atoms with Gasteiger partial charge in [-0.15, -0.1) is 0 Å². The van der Waals surface area contributed by atoms with Crippen LogP contribution in [0.4, 0.5) is 5.69 Å². The van der Waals surface area contributed by atoms with E-state index in [-0.39, 0.29) is 17.0 Å². The summed E-state index contributed by atoms with van der Waals surface area (Å²) in [7, 11) is 2.54. The maximum atomic E-state index is 12.5. The fourth-order valence-corrected chi connectivity index (χ4v) is 3.14. The molecule has 154 valence electrons. The molecule has 3 rings (SSSR count). The number of ether oxygens (including phenoxy) is 2. The lowest BCUT2D eigenvalue weighted by atomic mass is 10.0. The van der Waals surface area contributed by atoms with Crippen LogP contribution in [-0.4, -0.2) is 31.3 Å². The van der Waals surface area contributed by atoms with E-state index in [2.05, 4.69) is 0 Å². The smallest absolute Gasteiger partial charge is 0.355 e. The monoisotopic (exact) mass is 405 g/mol. The zero-order valence-electron chi connectivity index (χ0n) is 16.9. The van der Waals surface area contributed by atoms with Crippen LogP contribution in [0.15, 0.2) is 84.2 Å². The quantitative estimate of drug-likeness (QED) is 0.739. The number of nitrogens with zero attached hydrogens (tertiary/aromatic N) is 1. The van der Waals surface area contributed by atoms with Gasteiger partial charge < -0.3 is 19.5 Å². The van der Waals surface area contributed by atoms with E-state index in [0.29, 0.717) is 5.69 Å². The Bertz CT molecular complexity index is 1000. The van der Waals surface area contributed by atoms with Crippen molar-refractivity contribution in [1.29, 1.82) is 0 Å². The lowest BCUT2D eigenvalue weighted by molar-refractivity contribution is -0.139. The highest BCUT2D eigenvalue weighted by Gasteiger charge is 2.27. The van der Waals surface area contributed by atoms with Crippen molar-refractivity contribution in [3.63, 3.8) is 0 Å². The Kier molecular flexibility index (Phi) is 6.70. The van der Waals surface area contributed by atoms with Crippen LogP contribution < -0.4 is 4.90 Å². The fourth-order valence-electron chi connectivity index (χ4n) is 3.14. The molecule has 0 atom stereocenters. The number of hydrogen-bond donors (Lipinski definition) is 1. The molecule has 0 radical (unpaired) electrons. The molecule has 1 heterocycles. The molecule has 6 nitrogen and oxygen atoms in total. The van der Waals surface area contributed by atoms with Gasteiger partial charge in [0.05, 0.1) is 19.8 Å². The van der Waals surface area contributed by atoms with E-state index in [4.69, 9.17) is 9.47 Å². The molecule has 0 bridgehead atoms. The maximum absolute atomic E-state index is 12.5. The van der Waals surface area contributed by atoms with Gasteiger partial charge in [-0.2, -0.15) is 0 Å². The highest BCUT2D eigenvalue weighted by atomic mass is 16.5. The number of carbonyl (C=O) groups is 2. The minimum absolute atomic E-state index is 0.0891. The third-order valence-corrected chi connectivity index (χ3v) is 4.74. The van der Waals surface area contributed by atoms with Crippen LogP contribution in [0, 0.1) is 0 Å². The third kappa shape index (κ3) is 4.78.